The summed E-state index contributed by atoms with van der Waals surface area (Å²) in [7, 11) is 0. The molecule has 1 aliphatic rings. The van der Waals surface area contributed by atoms with Gasteiger partial charge in [-0.2, -0.15) is 0 Å². The van der Waals surface area contributed by atoms with E-state index in [4.69, 9.17) is 4.74 Å². The van der Waals surface area contributed by atoms with Crippen molar-refractivity contribution in [1.29, 1.82) is 0 Å². The minimum atomic E-state index is -0.440. The van der Waals surface area contributed by atoms with Gasteiger partial charge in [0.15, 0.2) is 0 Å². The molecule has 1 amide bonds. The van der Waals surface area contributed by atoms with Gasteiger partial charge in [-0.15, -0.1) is 0 Å². The van der Waals surface area contributed by atoms with Crippen LogP contribution in [0.15, 0.2) is 91.0 Å². The lowest BCUT2D eigenvalue weighted by molar-refractivity contribution is -0.384. The predicted octanol–water partition coefficient (Wildman–Crippen LogP) is 4.56. The Bertz CT molecular complexity index is 1100. The van der Waals surface area contributed by atoms with E-state index in [9.17, 15) is 14.9 Å². The van der Waals surface area contributed by atoms with Gasteiger partial charge < -0.3 is 9.64 Å². The summed E-state index contributed by atoms with van der Waals surface area (Å²) < 4.78 is 6.32. The highest BCUT2D eigenvalue weighted by molar-refractivity contribution is 5.91. The number of non-ortho nitro benzene ring substituents is 1. The zero-order valence-electron chi connectivity index (χ0n) is 19.5. The minimum Gasteiger partial charge on any atom is -0.367 e. The molecular weight excluding hydrogens is 442 g/mol. The molecule has 3 aromatic rings. The standard InChI is InChI=1S/C28H29N3O4/c32-27(15-14-23-8-7-13-26(22-23)31(33)34)30-18-16-29(17-19-30)20-21-35-28(24-9-3-1-4-10-24)25-11-5-2-6-12-25/h1-15,22,28H,16-21H2/b15-14+. The number of carbonyl (C=O) groups is 1. The van der Waals surface area contributed by atoms with Crippen LogP contribution < -0.4 is 0 Å². The fraction of sp³-hybridized carbons (Fsp3) is 0.250. The largest absolute Gasteiger partial charge is 0.367 e. The van der Waals surface area contributed by atoms with Gasteiger partial charge >= 0.3 is 0 Å². The van der Waals surface area contributed by atoms with Gasteiger partial charge in [0.05, 0.1) is 11.5 Å². The van der Waals surface area contributed by atoms with Crippen LogP contribution in [-0.4, -0.2) is 60.0 Å². The Morgan fingerprint density at radius 3 is 2.14 bits per heavy atom. The van der Waals surface area contributed by atoms with Crippen molar-refractivity contribution in [3.63, 3.8) is 0 Å². The Balaban J connectivity index is 1.25. The summed E-state index contributed by atoms with van der Waals surface area (Å²) in [5.74, 6) is -0.0828. The molecule has 0 atom stereocenters. The summed E-state index contributed by atoms with van der Waals surface area (Å²) in [4.78, 5) is 27.2. The first-order valence-electron chi connectivity index (χ1n) is 11.8. The van der Waals surface area contributed by atoms with Crippen LogP contribution in [0.5, 0.6) is 0 Å². The molecule has 0 bridgehead atoms. The third-order valence-corrected chi connectivity index (χ3v) is 6.08. The van der Waals surface area contributed by atoms with Gasteiger partial charge in [-0.05, 0) is 22.8 Å². The lowest BCUT2D eigenvalue weighted by atomic mass is 10.0. The van der Waals surface area contributed by atoms with Crippen LogP contribution in [0.4, 0.5) is 5.69 Å². The van der Waals surface area contributed by atoms with E-state index in [0.29, 0.717) is 25.3 Å². The van der Waals surface area contributed by atoms with Crippen LogP contribution in [0.1, 0.15) is 22.8 Å². The summed E-state index contributed by atoms with van der Waals surface area (Å²) in [6, 6.07) is 26.7. The molecule has 7 nitrogen and oxygen atoms in total. The Labute approximate surface area is 205 Å². The summed E-state index contributed by atoms with van der Waals surface area (Å²) in [6.45, 7) is 4.22. The maximum absolute atomic E-state index is 12.6. The van der Waals surface area contributed by atoms with Gasteiger partial charge in [-0.1, -0.05) is 72.8 Å². The molecule has 0 aliphatic carbocycles. The molecule has 0 unspecified atom stereocenters. The van der Waals surface area contributed by atoms with E-state index in [1.54, 1.807) is 18.2 Å². The van der Waals surface area contributed by atoms with Crippen molar-refractivity contribution in [3.8, 4) is 0 Å². The molecule has 0 aromatic heterocycles. The smallest absolute Gasteiger partial charge is 0.270 e. The molecule has 4 rings (SSSR count). The van der Waals surface area contributed by atoms with Crippen LogP contribution in [0.25, 0.3) is 6.08 Å². The molecule has 1 fully saturated rings. The minimum absolute atomic E-state index is 0.0113. The maximum Gasteiger partial charge on any atom is 0.270 e. The fourth-order valence-electron chi connectivity index (χ4n) is 4.15. The molecule has 1 aliphatic heterocycles. The molecule has 180 valence electrons. The van der Waals surface area contributed by atoms with Crippen LogP contribution in [0.3, 0.4) is 0 Å². The maximum atomic E-state index is 12.6. The van der Waals surface area contributed by atoms with E-state index in [0.717, 1.165) is 30.8 Å². The molecule has 7 heteroatoms. The van der Waals surface area contributed by atoms with Crippen molar-refractivity contribution in [1.82, 2.24) is 9.80 Å². The topological polar surface area (TPSA) is 75.9 Å². The Morgan fingerprint density at radius 1 is 0.914 bits per heavy atom. The third kappa shape index (κ3) is 6.85. The number of nitro groups is 1. The molecule has 1 heterocycles. The quantitative estimate of drug-likeness (QED) is 0.260. The predicted molar refractivity (Wildman–Crippen MR) is 136 cm³/mol. The molecule has 1 saturated heterocycles. The van der Waals surface area contributed by atoms with E-state index in [1.807, 2.05) is 41.3 Å². The fourth-order valence-corrected chi connectivity index (χ4v) is 4.15. The number of benzene rings is 3. The van der Waals surface area contributed by atoms with E-state index in [2.05, 4.69) is 29.2 Å². The van der Waals surface area contributed by atoms with Crippen LogP contribution in [0, 0.1) is 10.1 Å². The Hall–Kier alpha value is -3.81. The van der Waals surface area contributed by atoms with Crippen molar-refractivity contribution in [3.05, 3.63) is 118 Å². The second-order valence-electron chi connectivity index (χ2n) is 8.42. The first-order chi connectivity index (χ1) is 17.1. The SMILES string of the molecule is O=C(/C=C/c1cccc([N+](=O)[O-])c1)N1CCN(CCOC(c2ccccc2)c2ccccc2)CC1. The summed E-state index contributed by atoms with van der Waals surface area (Å²) >= 11 is 0. The summed E-state index contributed by atoms with van der Waals surface area (Å²) in [5.41, 5.74) is 2.90. The second-order valence-corrected chi connectivity index (χ2v) is 8.42. The number of hydrogen-bond acceptors (Lipinski definition) is 5. The van der Waals surface area contributed by atoms with Crippen molar-refractivity contribution in [2.24, 2.45) is 0 Å². The van der Waals surface area contributed by atoms with Gasteiger partial charge in [0.2, 0.25) is 5.91 Å². The van der Waals surface area contributed by atoms with Crippen molar-refractivity contribution in [2.75, 3.05) is 39.3 Å². The van der Waals surface area contributed by atoms with Gasteiger partial charge in [0.25, 0.3) is 5.69 Å². The third-order valence-electron chi connectivity index (χ3n) is 6.08. The van der Waals surface area contributed by atoms with E-state index < -0.39 is 4.92 Å². The molecule has 0 spiro atoms. The van der Waals surface area contributed by atoms with Crippen molar-refractivity contribution in [2.45, 2.75) is 6.10 Å². The van der Waals surface area contributed by atoms with Gasteiger partial charge in [0.1, 0.15) is 6.10 Å². The van der Waals surface area contributed by atoms with Crippen LogP contribution in [0.2, 0.25) is 0 Å². The van der Waals surface area contributed by atoms with Gasteiger partial charge in [-0.25, -0.2) is 0 Å². The van der Waals surface area contributed by atoms with E-state index in [-0.39, 0.29) is 17.7 Å². The number of piperazine rings is 1. The molecular formula is C28H29N3O4. The average molecular weight is 472 g/mol. The summed E-state index contributed by atoms with van der Waals surface area (Å²) in [6.07, 6.45) is 3.00. The Kier molecular flexibility index (Phi) is 8.38. The van der Waals surface area contributed by atoms with Crippen molar-refractivity contribution >= 4 is 17.7 Å². The number of rotatable bonds is 9. The zero-order valence-corrected chi connectivity index (χ0v) is 19.5. The number of ether oxygens (including phenoxy) is 1. The van der Waals surface area contributed by atoms with E-state index >= 15 is 0 Å². The average Bonchev–Trinajstić information content (AvgIpc) is 2.91. The number of nitro benzene ring substituents is 1. The molecule has 0 radical (unpaired) electrons. The lowest BCUT2D eigenvalue weighted by Crippen LogP contribution is -2.49. The zero-order chi connectivity index (χ0) is 24.5. The van der Waals surface area contributed by atoms with E-state index in [1.165, 1.54) is 18.2 Å². The monoisotopic (exact) mass is 471 g/mol. The number of amides is 1. The molecule has 0 N–H and O–H groups in total. The first kappa shape index (κ1) is 24.3. The van der Waals surface area contributed by atoms with Crippen LogP contribution in [-0.2, 0) is 9.53 Å². The highest BCUT2D eigenvalue weighted by atomic mass is 16.6. The highest BCUT2D eigenvalue weighted by Crippen LogP contribution is 2.25. The summed E-state index contributed by atoms with van der Waals surface area (Å²) in [5, 5.41) is 10.9. The highest BCUT2D eigenvalue weighted by Gasteiger charge is 2.20. The lowest BCUT2D eigenvalue weighted by Gasteiger charge is -2.34. The van der Waals surface area contributed by atoms with Gasteiger partial charge in [0, 0.05) is 50.9 Å². The number of carbonyl (C=O) groups excluding carboxylic acids is 1. The number of nitrogens with zero attached hydrogens (tertiary/aromatic N) is 3. The first-order valence-corrected chi connectivity index (χ1v) is 11.8. The van der Waals surface area contributed by atoms with Crippen molar-refractivity contribution < 1.29 is 14.5 Å². The number of hydrogen-bond donors (Lipinski definition) is 0. The van der Waals surface area contributed by atoms with Gasteiger partial charge in [-0.3, -0.25) is 19.8 Å². The van der Waals surface area contributed by atoms with Crippen LogP contribution >= 0.6 is 0 Å². The Morgan fingerprint density at radius 2 is 1.54 bits per heavy atom. The second kappa shape index (κ2) is 12.1. The molecule has 35 heavy (non-hydrogen) atoms. The normalized spacial score (nSPS) is 14.5. The molecule has 3 aromatic carbocycles. The molecule has 0 saturated carbocycles.